The van der Waals surface area contributed by atoms with Crippen molar-refractivity contribution in [3.63, 3.8) is 0 Å². The molecular formula is C94H168ClN11O17. The SMILES string of the molecule is C.C.C.C.C.C.C.C.CC(C)(C)OC(=O)N1CCCC(C(=O)O)C1.CCN.CCNC(=O)C1CCCN(C(=O)Cc2cccc(OC)c2)C1.CCNC(=O)C1CCCN(C(=O)OC(C)(C)C)C1.CCNC(=O)C1CCCNC1.CCNCC1CCCN(CCc2cccc(OC)c2)C1.COc1cccc(CC(=O)O)c1.Cl.O=C(O)c1cc2ccccc2[nH]1. The van der Waals surface area contributed by atoms with Crippen molar-refractivity contribution in [2.75, 3.05) is 133 Å². The largest absolute Gasteiger partial charge is 0.497 e. The molecule has 5 fully saturated rings. The van der Waals surface area contributed by atoms with Crippen LogP contribution in [0.15, 0.2) is 103 Å². The Bertz CT molecular complexity index is 3650. The normalized spacial score (nSPS) is 16.5. The predicted molar refractivity (Wildman–Crippen MR) is 506 cm³/mol. The number of carboxylic acids is 3. The maximum absolute atomic E-state index is 12.4. The van der Waals surface area contributed by atoms with Crippen LogP contribution in [0, 0.1) is 29.6 Å². The molecule has 4 aromatic carbocycles. The van der Waals surface area contributed by atoms with Crippen molar-refractivity contribution in [1.82, 2.24) is 51.2 Å². The molecule has 5 aromatic rings. The van der Waals surface area contributed by atoms with E-state index >= 15 is 0 Å². The zero-order valence-corrected chi connectivity index (χ0v) is 71.6. The number of aromatic amines is 1. The van der Waals surface area contributed by atoms with E-state index < -0.39 is 41.1 Å². The molecule has 0 spiro atoms. The van der Waals surface area contributed by atoms with Crippen molar-refractivity contribution in [1.29, 1.82) is 0 Å². The molecule has 5 unspecified atom stereocenters. The first-order chi connectivity index (χ1) is 54.3. The maximum Gasteiger partial charge on any atom is 0.410 e. The van der Waals surface area contributed by atoms with Gasteiger partial charge in [-0.1, -0.05) is 128 Å². The van der Waals surface area contributed by atoms with Crippen LogP contribution in [0.3, 0.4) is 0 Å². The van der Waals surface area contributed by atoms with Gasteiger partial charge in [0, 0.05) is 89.4 Å². The van der Waals surface area contributed by atoms with Crippen molar-refractivity contribution in [3.8, 4) is 17.2 Å². The summed E-state index contributed by atoms with van der Waals surface area (Å²) in [5, 5.41) is 42.1. The van der Waals surface area contributed by atoms with E-state index in [0.717, 1.165) is 137 Å². The lowest BCUT2D eigenvalue weighted by Gasteiger charge is -2.33. The summed E-state index contributed by atoms with van der Waals surface area (Å²) in [5.74, 6) is 0.578. The summed E-state index contributed by atoms with van der Waals surface area (Å²) < 4.78 is 25.9. The molecule has 5 saturated heterocycles. The maximum atomic E-state index is 12.4. The molecule has 1 aromatic heterocycles. The van der Waals surface area contributed by atoms with Crippen molar-refractivity contribution < 1.29 is 82.2 Å². The van der Waals surface area contributed by atoms with E-state index in [1.165, 1.54) is 42.9 Å². The number of hydrogen-bond donors (Lipinski definition) is 10. The Kier molecular flexibility index (Phi) is 72.3. The number of aromatic carboxylic acids is 1. The van der Waals surface area contributed by atoms with Crippen LogP contribution in [0.2, 0.25) is 0 Å². The summed E-state index contributed by atoms with van der Waals surface area (Å²) in [6.07, 6.45) is 10.4. The molecule has 0 bridgehead atoms. The van der Waals surface area contributed by atoms with Crippen molar-refractivity contribution >= 4 is 77.0 Å². The number of nitrogens with zero attached hydrogens (tertiary/aromatic N) is 4. The summed E-state index contributed by atoms with van der Waals surface area (Å²) in [6, 6.07) is 32.1. The molecule has 0 aliphatic carbocycles. The van der Waals surface area contributed by atoms with E-state index in [4.69, 9.17) is 44.7 Å². The van der Waals surface area contributed by atoms with Gasteiger partial charge in [0.15, 0.2) is 0 Å². The summed E-state index contributed by atoms with van der Waals surface area (Å²) >= 11 is 0. The highest BCUT2D eigenvalue weighted by atomic mass is 35.5. The number of benzene rings is 4. The van der Waals surface area contributed by atoms with Gasteiger partial charge in [0.1, 0.15) is 34.1 Å². The van der Waals surface area contributed by atoms with E-state index in [1.807, 2.05) is 108 Å². The quantitative estimate of drug-likeness (QED) is 0.0326. The Morgan fingerprint density at radius 3 is 1.33 bits per heavy atom. The van der Waals surface area contributed by atoms with Crippen LogP contribution in [0.25, 0.3) is 10.9 Å². The monoisotopic (exact) mass is 1760 g/mol. The Morgan fingerprint density at radius 1 is 0.488 bits per heavy atom. The Labute approximate surface area is 747 Å². The lowest BCUT2D eigenvalue weighted by atomic mass is 9.96. The van der Waals surface area contributed by atoms with E-state index in [-0.39, 0.29) is 138 Å². The molecule has 5 atom stereocenters. The predicted octanol–water partition coefficient (Wildman–Crippen LogP) is 16.4. The highest BCUT2D eigenvalue weighted by Crippen LogP contribution is 2.25. The van der Waals surface area contributed by atoms with Crippen LogP contribution in [0.1, 0.15) is 227 Å². The van der Waals surface area contributed by atoms with Gasteiger partial charge >= 0.3 is 30.1 Å². The molecular weight excluding hydrogens is 1590 g/mol. The Hall–Kier alpha value is -9.22. The van der Waals surface area contributed by atoms with E-state index in [0.29, 0.717) is 57.9 Å². The second-order valence-corrected chi connectivity index (χ2v) is 30.4. The summed E-state index contributed by atoms with van der Waals surface area (Å²) in [5.41, 5.74) is 7.97. The number of amides is 6. The topological polar surface area (TPSA) is 375 Å². The second kappa shape index (κ2) is 70.1. The third kappa shape index (κ3) is 52.9. The first-order valence-corrected chi connectivity index (χ1v) is 40.4. The van der Waals surface area contributed by atoms with Gasteiger partial charge in [-0.15, -0.1) is 12.4 Å². The molecule has 28 nitrogen and oxygen atoms in total. The van der Waals surface area contributed by atoms with Gasteiger partial charge in [-0.05, 0) is 237 Å². The summed E-state index contributed by atoms with van der Waals surface area (Å²) in [4.78, 5) is 113. The molecule has 29 heteroatoms. The molecule has 6 amide bonds. The van der Waals surface area contributed by atoms with Crippen LogP contribution in [-0.2, 0) is 57.5 Å². The van der Waals surface area contributed by atoms with Crippen LogP contribution >= 0.6 is 12.4 Å². The minimum atomic E-state index is -0.925. The molecule has 5 aliphatic rings. The minimum Gasteiger partial charge on any atom is -0.497 e. The minimum absolute atomic E-state index is 0. The van der Waals surface area contributed by atoms with Gasteiger partial charge in [0.25, 0.3) is 0 Å². The molecule has 123 heavy (non-hydrogen) atoms. The number of halogens is 1. The third-order valence-electron chi connectivity index (χ3n) is 18.6. The van der Waals surface area contributed by atoms with Gasteiger partial charge in [-0.25, -0.2) is 14.4 Å². The molecule has 6 heterocycles. The van der Waals surface area contributed by atoms with E-state index in [9.17, 15) is 43.2 Å². The molecule has 11 N–H and O–H groups in total. The molecule has 708 valence electrons. The number of ether oxygens (including phenoxy) is 5. The van der Waals surface area contributed by atoms with Crippen LogP contribution < -0.4 is 46.5 Å². The van der Waals surface area contributed by atoms with Crippen molar-refractivity contribution in [2.45, 2.75) is 230 Å². The number of H-pyrrole nitrogens is 1. The van der Waals surface area contributed by atoms with Gasteiger partial charge in [0.05, 0.1) is 57.8 Å². The summed E-state index contributed by atoms with van der Waals surface area (Å²) in [7, 11) is 4.90. The number of carbonyl (C=O) groups excluding carboxylic acids is 6. The van der Waals surface area contributed by atoms with Crippen molar-refractivity contribution in [2.24, 2.45) is 35.3 Å². The number of methoxy groups -OCH3 is 3. The summed E-state index contributed by atoms with van der Waals surface area (Å²) in [6.45, 7) is 34.6. The van der Waals surface area contributed by atoms with E-state index in [2.05, 4.69) is 61.6 Å². The first kappa shape index (κ1) is 127. The number of carboxylic acid groups (broad SMARTS) is 3. The average Bonchev–Trinajstić information content (AvgIpc) is 1.81. The Balaban J connectivity index is -0.000000254. The number of likely N-dealkylation sites (tertiary alicyclic amines) is 4. The number of hydrogen-bond acceptors (Lipinski definition) is 18. The zero-order valence-electron chi connectivity index (χ0n) is 70.7. The molecule has 0 saturated carbocycles. The number of nitrogens with two attached hydrogens (primary N) is 1. The highest BCUT2D eigenvalue weighted by Gasteiger charge is 2.33. The van der Waals surface area contributed by atoms with Crippen molar-refractivity contribution in [3.05, 3.63) is 126 Å². The van der Waals surface area contributed by atoms with Gasteiger partial charge in [-0.2, -0.15) is 0 Å². The number of rotatable bonds is 21. The van der Waals surface area contributed by atoms with Gasteiger partial charge in [-0.3, -0.25) is 28.8 Å². The average molecular weight is 1760 g/mol. The van der Waals surface area contributed by atoms with E-state index in [1.54, 1.807) is 77.3 Å². The third-order valence-corrected chi connectivity index (χ3v) is 18.6. The lowest BCUT2D eigenvalue weighted by Crippen LogP contribution is -2.47. The van der Waals surface area contributed by atoms with Crippen LogP contribution in [0.5, 0.6) is 17.2 Å². The molecule has 0 radical (unpaired) electrons. The second-order valence-electron chi connectivity index (χ2n) is 30.4. The standard InChI is InChI=1S/C17H24N2O3.C17H28N2O.C13H24N2O3.C11H19NO4.C9H7NO2.C9H10O3.C8H16N2O.C2H7N.8CH4.ClH/c1-3-18-17(21)14-7-5-9-19(12-14)16(20)11-13-6-4-8-15(10-13)22-2;1-3-18-13-16-7-5-10-19(14-16)11-9-15-6-4-8-17(12-15)20-2;1-5-14-11(16)10-7-6-8-15(9-10)12(17)18-13(2,3)4;1-11(2,3)16-10(15)12-6-4-5-8(7-12)9(13)14;11-9(12)8-5-6-3-1-2-4-7(6)10-8;1-12-8-4-2-3-7(5-8)6-9(10)11;1-2-10-8(11)7-4-3-5-9-6-7;1-2-3;;;;;;;;;/h4,6,8,10,14H,3,5,7,9,11-12H2,1-2H3,(H,18,21);4,6,8,12,16,18H,3,5,7,9-11,13-14H2,1-2H3;10H,5-9H2,1-4H3,(H,14,16);8H,4-7H2,1-3H3,(H,13,14);1-5,10H,(H,11,12);2-5H,6H2,1H3,(H,10,11);7,9H,2-6H2,1H3,(H,10,11);2-3H2,1H3;8*1H4;1H. The molecule has 5 aliphatic heterocycles. The van der Waals surface area contributed by atoms with Gasteiger partial charge in [0.2, 0.25) is 23.6 Å². The first-order valence-electron chi connectivity index (χ1n) is 40.4. The smallest absolute Gasteiger partial charge is 0.410 e. The number of nitrogens with one attached hydrogen (secondary N) is 6. The van der Waals surface area contributed by atoms with Gasteiger partial charge < -0.3 is 95.9 Å². The number of piperidine rings is 5. The number of aromatic nitrogens is 1. The molecule has 10 rings (SSSR count). The van der Waals surface area contributed by atoms with Crippen LogP contribution in [-0.4, -0.2) is 237 Å². The number of fused-ring (bicyclic) bond motifs is 1. The fourth-order valence-corrected chi connectivity index (χ4v) is 13.0. The number of para-hydroxylation sites is 1. The number of carbonyl (C=O) groups is 9. The highest BCUT2D eigenvalue weighted by molar-refractivity contribution is 5.93. The number of aliphatic carboxylic acids is 2. The fraction of sp³-hybridized carbons (Fsp3) is 0.628. The lowest BCUT2D eigenvalue weighted by molar-refractivity contribution is -0.143. The fourth-order valence-electron chi connectivity index (χ4n) is 13.0. The zero-order chi connectivity index (χ0) is 84.6. The van der Waals surface area contributed by atoms with Crippen LogP contribution in [0.4, 0.5) is 9.59 Å². The Morgan fingerprint density at radius 2 is 0.902 bits per heavy atom.